The zero-order valence-corrected chi connectivity index (χ0v) is 20.0. The van der Waals surface area contributed by atoms with Gasteiger partial charge < -0.3 is 14.2 Å². The van der Waals surface area contributed by atoms with Crippen LogP contribution in [0.2, 0.25) is 0 Å². The van der Waals surface area contributed by atoms with Gasteiger partial charge in [0.05, 0.1) is 22.3 Å². The maximum absolute atomic E-state index is 13.3. The highest BCUT2D eigenvalue weighted by Gasteiger charge is 2.34. The molecule has 4 aromatic rings. The maximum atomic E-state index is 13.3. The first-order valence-corrected chi connectivity index (χ1v) is 12.5. The summed E-state index contributed by atoms with van der Waals surface area (Å²) < 4.78 is 47.9. The number of amides is 1. The number of aromatic nitrogens is 4. The molecule has 2 aromatic heterocycles. The van der Waals surface area contributed by atoms with E-state index in [1.807, 2.05) is 30.3 Å². The van der Waals surface area contributed by atoms with Crippen LogP contribution in [0, 0.1) is 0 Å². The summed E-state index contributed by atoms with van der Waals surface area (Å²) in [6, 6.07) is 15.2. The molecule has 10 heteroatoms. The maximum Gasteiger partial charge on any atom is 0.416 e. The summed E-state index contributed by atoms with van der Waals surface area (Å²) in [4.78, 5) is 19.6. The first-order chi connectivity index (χ1) is 17.9. The van der Waals surface area contributed by atoms with Crippen molar-refractivity contribution in [2.24, 2.45) is 0 Å². The van der Waals surface area contributed by atoms with Gasteiger partial charge in [0.15, 0.2) is 0 Å². The van der Waals surface area contributed by atoms with E-state index in [0.29, 0.717) is 60.8 Å². The molecule has 7 nitrogen and oxygen atoms in total. The van der Waals surface area contributed by atoms with Crippen LogP contribution in [0.3, 0.4) is 0 Å². The Morgan fingerprint density at radius 1 is 1.03 bits per heavy atom. The van der Waals surface area contributed by atoms with Gasteiger partial charge in [-0.15, -0.1) is 0 Å². The number of nitrogens with zero attached hydrogens (tertiary/aromatic N) is 4. The first kappa shape index (κ1) is 23.7. The van der Waals surface area contributed by atoms with Crippen molar-refractivity contribution in [3.63, 3.8) is 0 Å². The van der Waals surface area contributed by atoms with Gasteiger partial charge in [-0.05, 0) is 49.9 Å². The minimum absolute atomic E-state index is 0.00614. The van der Waals surface area contributed by atoms with E-state index in [0.717, 1.165) is 30.5 Å². The monoisotopic (exact) mass is 509 g/mol. The molecule has 1 N–H and O–H groups in total. The van der Waals surface area contributed by atoms with E-state index in [9.17, 15) is 18.0 Å². The Balaban J connectivity index is 1.23. The molecule has 2 fully saturated rings. The SMILES string of the molecule is O=C(c1cc(-c2ccccc2)n[nH]1)N1CCC(n2c([C@@H]3CCCO3)nc3cc(C(F)(F)F)ccc32)CC1. The zero-order valence-electron chi connectivity index (χ0n) is 20.0. The number of alkyl halides is 3. The van der Waals surface area contributed by atoms with Crippen molar-refractivity contribution in [3.8, 4) is 11.3 Å². The quantitative estimate of drug-likeness (QED) is 0.379. The number of likely N-dealkylation sites (tertiary alicyclic amines) is 1. The fraction of sp³-hybridized carbons (Fsp3) is 0.370. The van der Waals surface area contributed by atoms with Crippen LogP contribution in [0.4, 0.5) is 13.2 Å². The smallest absolute Gasteiger partial charge is 0.370 e. The fourth-order valence-electron chi connectivity index (χ4n) is 5.37. The van der Waals surface area contributed by atoms with E-state index in [1.165, 1.54) is 6.07 Å². The lowest BCUT2D eigenvalue weighted by Gasteiger charge is -2.33. The topological polar surface area (TPSA) is 76.0 Å². The summed E-state index contributed by atoms with van der Waals surface area (Å²) in [5.74, 6) is 0.565. The number of piperidine rings is 1. The minimum atomic E-state index is -4.43. The Bertz CT molecular complexity index is 1420. The van der Waals surface area contributed by atoms with Crippen molar-refractivity contribution >= 4 is 16.9 Å². The van der Waals surface area contributed by atoms with Crippen molar-refractivity contribution in [3.05, 3.63) is 71.7 Å². The number of imidazole rings is 1. The Hall–Kier alpha value is -3.66. The number of hydrogen-bond donors (Lipinski definition) is 1. The molecule has 192 valence electrons. The van der Waals surface area contributed by atoms with Crippen LogP contribution < -0.4 is 0 Å². The van der Waals surface area contributed by atoms with Crippen molar-refractivity contribution in [2.45, 2.75) is 44.0 Å². The van der Waals surface area contributed by atoms with Gasteiger partial charge in [0.25, 0.3) is 5.91 Å². The van der Waals surface area contributed by atoms with Gasteiger partial charge in [-0.25, -0.2) is 4.98 Å². The Morgan fingerprint density at radius 2 is 1.81 bits per heavy atom. The van der Waals surface area contributed by atoms with Crippen molar-refractivity contribution in [1.29, 1.82) is 0 Å². The molecular weight excluding hydrogens is 483 g/mol. The normalized spacial score (nSPS) is 19.1. The summed E-state index contributed by atoms with van der Waals surface area (Å²) in [5.41, 5.74) is 2.36. The van der Waals surface area contributed by atoms with Gasteiger partial charge in [-0.2, -0.15) is 18.3 Å². The molecule has 6 rings (SSSR count). The summed E-state index contributed by atoms with van der Waals surface area (Å²) in [6.45, 7) is 1.66. The standard InChI is InChI=1S/C27H26F3N5O2/c28-27(29,30)18-8-9-23-21(15-18)31-25(24-7-4-14-37-24)35(23)19-10-12-34(13-11-19)26(36)22-16-20(32-33-22)17-5-2-1-3-6-17/h1-3,5-6,8-9,15-16,19,24H,4,7,10-14H2,(H,32,33)/t24-/m0/s1. The lowest BCUT2D eigenvalue weighted by Crippen LogP contribution is -2.39. The van der Waals surface area contributed by atoms with Crippen LogP contribution in [0.25, 0.3) is 22.3 Å². The number of hydrogen-bond acceptors (Lipinski definition) is 4. The Morgan fingerprint density at radius 3 is 2.51 bits per heavy atom. The highest BCUT2D eigenvalue weighted by molar-refractivity contribution is 5.93. The first-order valence-electron chi connectivity index (χ1n) is 12.5. The largest absolute Gasteiger partial charge is 0.416 e. The van der Waals surface area contributed by atoms with Crippen LogP contribution in [0.15, 0.2) is 54.6 Å². The number of carbonyl (C=O) groups excluding carboxylic acids is 1. The molecule has 0 saturated carbocycles. The van der Waals surface area contributed by atoms with Gasteiger partial charge in [-0.3, -0.25) is 9.89 Å². The predicted molar refractivity (Wildman–Crippen MR) is 131 cm³/mol. The summed E-state index contributed by atoms with van der Waals surface area (Å²) in [7, 11) is 0. The molecule has 1 atom stereocenters. The average Bonchev–Trinajstić information content (AvgIpc) is 3.68. The third-order valence-corrected chi connectivity index (χ3v) is 7.26. The molecule has 2 saturated heterocycles. The molecule has 0 spiro atoms. The molecule has 37 heavy (non-hydrogen) atoms. The van der Waals surface area contributed by atoms with Crippen LogP contribution in [-0.2, 0) is 10.9 Å². The Labute approximate surface area is 211 Å². The van der Waals surface area contributed by atoms with E-state index < -0.39 is 11.7 Å². The van der Waals surface area contributed by atoms with Crippen LogP contribution in [0.1, 0.15) is 59.7 Å². The van der Waals surface area contributed by atoms with Crippen molar-refractivity contribution in [1.82, 2.24) is 24.6 Å². The number of rotatable bonds is 4. The van der Waals surface area contributed by atoms with E-state index in [1.54, 1.807) is 11.0 Å². The number of carbonyl (C=O) groups is 1. The third kappa shape index (κ3) is 4.50. The molecule has 0 bridgehead atoms. The molecule has 2 aromatic carbocycles. The molecule has 2 aliphatic heterocycles. The Kier molecular flexibility index (Phi) is 5.98. The van der Waals surface area contributed by atoms with E-state index in [-0.39, 0.29) is 18.1 Å². The van der Waals surface area contributed by atoms with Crippen LogP contribution >= 0.6 is 0 Å². The fourth-order valence-corrected chi connectivity index (χ4v) is 5.37. The number of ether oxygens (including phenoxy) is 1. The number of benzene rings is 2. The average molecular weight is 510 g/mol. The molecule has 1 amide bonds. The summed E-state index contributed by atoms with van der Waals surface area (Å²) >= 11 is 0. The van der Waals surface area contributed by atoms with E-state index in [2.05, 4.69) is 19.7 Å². The molecule has 4 heterocycles. The van der Waals surface area contributed by atoms with Crippen LogP contribution in [-0.4, -0.2) is 50.3 Å². The lowest BCUT2D eigenvalue weighted by atomic mass is 10.0. The minimum Gasteiger partial charge on any atom is -0.370 e. The van der Waals surface area contributed by atoms with Gasteiger partial charge in [0.2, 0.25) is 0 Å². The van der Waals surface area contributed by atoms with Gasteiger partial charge in [-0.1, -0.05) is 30.3 Å². The molecular formula is C27H26F3N5O2. The van der Waals surface area contributed by atoms with E-state index >= 15 is 0 Å². The van der Waals surface area contributed by atoms with Gasteiger partial charge in [0, 0.05) is 31.3 Å². The molecule has 0 radical (unpaired) electrons. The highest BCUT2D eigenvalue weighted by atomic mass is 19.4. The van der Waals surface area contributed by atoms with E-state index in [4.69, 9.17) is 4.74 Å². The summed E-state index contributed by atoms with van der Waals surface area (Å²) in [6.07, 6.45) is -1.65. The second-order valence-corrected chi connectivity index (χ2v) is 9.60. The highest BCUT2D eigenvalue weighted by Crippen LogP contribution is 2.38. The van der Waals surface area contributed by atoms with Gasteiger partial charge in [0.1, 0.15) is 17.6 Å². The number of H-pyrrole nitrogens is 1. The molecule has 0 aliphatic carbocycles. The van der Waals surface area contributed by atoms with Crippen molar-refractivity contribution < 1.29 is 22.7 Å². The second kappa shape index (κ2) is 9.33. The third-order valence-electron chi connectivity index (χ3n) is 7.26. The predicted octanol–water partition coefficient (Wildman–Crippen LogP) is 5.77. The number of nitrogens with one attached hydrogen (secondary N) is 1. The molecule has 2 aliphatic rings. The lowest BCUT2D eigenvalue weighted by molar-refractivity contribution is -0.137. The van der Waals surface area contributed by atoms with Crippen molar-refractivity contribution in [2.75, 3.05) is 19.7 Å². The number of fused-ring (bicyclic) bond motifs is 1. The zero-order chi connectivity index (χ0) is 25.6. The number of aromatic amines is 1. The van der Waals surface area contributed by atoms with Crippen LogP contribution in [0.5, 0.6) is 0 Å². The number of halogens is 3. The molecule has 0 unspecified atom stereocenters. The second-order valence-electron chi connectivity index (χ2n) is 9.60. The van der Waals surface area contributed by atoms with Gasteiger partial charge >= 0.3 is 6.18 Å². The summed E-state index contributed by atoms with van der Waals surface area (Å²) in [5, 5.41) is 7.16.